The molecule has 0 aromatic carbocycles. The van der Waals surface area contributed by atoms with E-state index in [0.717, 1.165) is 66.4 Å². The Hall–Kier alpha value is -3.99. The highest BCUT2D eigenvalue weighted by molar-refractivity contribution is 5.96. The van der Waals surface area contributed by atoms with Gasteiger partial charge in [0.2, 0.25) is 5.91 Å². The molecular weight excluding hydrogens is 609 g/mol. The van der Waals surface area contributed by atoms with Crippen molar-refractivity contribution < 1.29 is 18.7 Å². The quantitative estimate of drug-likeness (QED) is 0.265. The van der Waals surface area contributed by atoms with Crippen molar-refractivity contribution in [1.29, 1.82) is 0 Å². The largest absolute Gasteiger partial charge is 0.482 e. The molecule has 2 bridgehead atoms. The van der Waals surface area contributed by atoms with E-state index in [2.05, 4.69) is 27.3 Å². The third-order valence-electron chi connectivity index (χ3n) is 12.0. The smallest absolute Gasteiger partial charge is 0.254 e. The zero-order valence-electron chi connectivity index (χ0n) is 28.0. The monoisotopic (exact) mass is 653 g/mol. The molecular formula is C37H44FN7O3. The van der Waals surface area contributed by atoms with Crippen LogP contribution in [0.15, 0.2) is 30.3 Å². The molecule has 4 aromatic heterocycles. The van der Waals surface area contributed by atoms with Crippen LogP contribution < -0.4 is 15.4 Å². The number of fused-ring (bicyclic) bond motifs is 3. The molecule has 2 amide bonds. The Bertz CT molecular complexity index is 1960. The summed E-state index contributed by atoms with van der Waals surface area (Å²) in [5.41, 5.74) is 4.00. The van der Waals surface area contributed by atoms with Gasteiger partial charge in [0, 0.05) is 42.7 Å². The van der Waals surface area contributed by atoms with E-state index < -0.39 is 11.1 Å². The van der Waals surface area contributed by atoms with Crippen molar-refractivity contribution in [3.05, 3.63) is 47.3 Å². The Labute approximate surface area is 279 Å². The number of piperidine rings is 2. The van der Waals surface area contributed by atoms with E-state index in [4.69, 9.17) is 14.7 Å². The van der Waals surface area contributed by atoms with Crippen LogP contribution in [0.2, 0.25) is 0 Å². The molecule has 11 heteroatoms. The minimum absolute atomic E-state index is 0.0165. The van der Waals surface area contributed by atoms with Crippen molar-refractivity contribution in [2.75, 3.05) is 26.7 Å². The Morgan fingerprint density at radius 2 is 1.94 bits per heavy atom. The number of ether oxygens (including phenoxy) is 1. The first kappa shape index (κ1) is 30.1. The number of halogens is 1. The maximum atomic E-state index is 14.1. The second-order valence-corrected chi connectivity index (χ2v) is 15.4. The number of hydrogen-bond donors (Lipinski definition) is 2. The SMILES string of the molecule is COc1cc(C(=O)N2CC[C@@H]3CCCN[C@@H]3C2)cc2nc(-c3cc4ccc([C@@H](C)NC(=O)C56CC(F)(C5)C6)nc4n3CC3CC3)c(C)n12. The molecule has 2 aliphatic heterocycles. The number of carbonyl (C=O) groups is 2. The Morgan fingerprint density at radius 1 is 1.12 bits per heavy atom. The van der Waals surface area contributed by atoms with Gasteiger partial charge in [-0.3, -0.25) is 14.0 Å². The summed E-state index contributed by atoms with van der Waals surface area (Å²) in [5.74, 6) is 1.76. The lowest BCUT2D eigenvalue weighted by molar-refractivity contribution is -0.214. The zero-order valence-corrected chi connectivity index (χ0v) is 28.0. The van der Waals surface area contributed by atoms with Crippen molar-refractivity contribution in [2.45, 2.75) is 89.5 Å². The second-order valence-electron chi connectivity index (χ2n) is 15.4. The van der Waals surface area contributed by atoms with Gasteiger partial charge in [0.05, 0.1) is 35.6 Å². The summed E-state index contributed by atoms with van der Waals surface area (Å²) < 4.78 is 24.2. The molecule has 6 aliphatic rings. The van der Waals surface area contributed by atoms with Gasteiger partial charge in [-0.2, -0.15) is 0 Å². The second kappa shape index (κ2) is 10.8. The zero-order chi connectivity index (χ0) is 32.9. The van der Waals surface area contributed by atoms with Crippen molar-refractivity contribution >= 4 is 28.5 Å². The number of hydrogen-bond acceptors (Lipinski definition) is 6. The number of nitrogens with one attached hydrogen (secondary N) is 2. The van der Waals surface area contributed by atoms with Crippen LogP contribution in [-0.2, 0) is 11.3 Å². The number of rotatable bonds is 8. The Balaban J connectivity index is 1.05. The number of aromatic nitrogens is 4. The fourth-order valence-corrected chi connectivity index (χ4v) is 9.04. The number of aryl methyl sites for hydroxylation is 1. The number of pyridine rings is 2. The van der Waals surface area contributed by atoms with Gasteiger partial charge < -0.3 is 24.8 Å². The van der Waals surface area contributed by atoms with Gasteiger partial charge in [-0.25, -0.2) is 14.4 Å². The van der Waals surface area contributed by atoms with E-state index in [-0.39, 0.29) is 17.9 Å². The van der Waals surface area contributed by atoms with Crippen molar-refractivity contribution in [1.82, 2.24) is 34.5 Å². The summed E-state index contributed by atoms with van der Waals surface area (Å²) in [6, 6.07) is 9.99. The van der Waals surface area contributed by atoms with E-state index in [1.807, 2.05) is 41.3 Å². The van der Waals surface area contributed by atoms with Gasteiger partial charge in [-0.15, -0.1) is 0 Å². The molecule has 4 aliphatic carbocycles. The lowest BCUT2D eigenvalue weighted by atomic mass is 9.42. The Kier molecular flexibility index (Phi) is 6.74. The van der Waals surface area contributed by atoms with E-state index in [9.17, 15) is 14.0 Å². The predicted octanol–water partition coefficient (Wildman–Crippen LogP) is 5.36. The number of amides is 2. The first-order valence-corrected chi connectivity index (χ1v) is 17.7. The Morgan fingerprint density at radius 3 is 2.69 bits per heavy atom. The van der Waals surface area contributed by atoms with Gasteiger partial charge in [0.1, 0.15) is 22.7 Å². The molecule has 4 saturated carbocycles. The van der Waals surface area contributed by atoms with Gasteiger partial charge in [0.25, 0.3) is 5.91 Å². The molecule has 10 nitrogen and oxygen atoms in total. The number of likely N-dealkylation sites (tertiary alicyclic amines) is 1. The molecule has 4 aromatic rings. The first-order chi connectivity index (χ1) is 23.1. The van der Waals surface area contributed by atoms with Crippen LogP contribution in [0.5, 0.6) is 5.88 Å². The average Bonchev–Trinajstić information content (AvgIpc) is 3.74. The molecule has 252 valence electrons. The molecule has 0 unspecified atom stereocenters. The molecule has 2 N–H and O–H groups in total. The molecule has 2 saturated heterocycles. The van der Waals surface area contributed by atoms with Gasteiger partial charge in [-0.05, 0) is 108 Å². The highest BCUT2D eigenvalue weighted by Gasteiger charge is 2.72. The van der Waals surface area contributed by atoms with E-state index in [1.165, 1.54) is 25.7 Å². The van der Waals surface area contributed by atoms with Crippen LogP contribution in [0.1, 0.15) is 86.1 Å². The molecule has 10 rings (SSSR count). The van der Waals surface area contributed by atoms with Crippen LogP contribution >= 0.6 is 0 Å². The van der Waals surface area contributed by atoms with Crippen LogP contribution in [0.4, 0.5) is 4.39 Å². The third kappa shape index (κ3) is 4.75. The third-order valence-corrected chi connectivity index (χ3v) is 12.0. The highest BCUT2D eigenvalue weighted by Crippen LogP contribution is 2.69. The molecule has 0 spiro atoms. The molecule has 6 fully saturated rings. The number of imidazole rings is 1. The number of methoxy groups -OCH3 is 1. The lowest BCUT2D eigenvalue weighted by Gasteiger charge is -2.64. The molecule has 48 heavy (non-hydrogen) atoms. The van der Waals surface area contributed by atoms with Crippen molar-refractivity contribution in [2.24, 2.45) is 17.3 Å². The fourth-order valence-electron chi connectivity index (χ4n) is 9.04. The summed E-state index contributed by atoms with van der Waals surface area (Å²) in [7, 11) is 1.64. The number of carbonyl (C=O) groups excluding carboxylic acids is 2. The summed E-state index contributed by atoms with van der Waals surface area (Å²) >= 11 is 0. The highest BCUT2D eigenvalue weighted by atomic mass is 19.1. The normalized spacial score (nSPS) is 28.5. The van der Waals surface area contributed by atoms with Crippen LogP contribution in [0.25, 0.3) is 28.1 Å². The van der Waals surface area contributed by atoms with Gasteiger partial charge in [-0.1, -0.05) is 0 Å². The standard InChI is InChI=1S/C37H44FN7O3/c1-21(40-35(47)36-18-37(38,19-36)20-36)27-9-8-25-13-29(44(33(25)41-27)16-23-6-7-23)32-22(2)45-30(42-32)14-26(15-31(45)48-3)34(46)43-12-10-24-5-4-11-39-28(24)17-43/h8-9,13-15,21,23-24,28,39H,4-7,10-12,16-20H2,1-3H3,(H,40,47)/t21-,24+,28-,36?,37?/m1/s1. The minimum Gasteiger partial charge on any atom is -0.482 e. The van der Waals surface area contributed by atoms with E-state index in [1.54, 1.807) is 7.11 Å². The van der Waals surface area contributed by atoms with Crippen molar-refractivity contribution in [3.63, 3.8) is 0 Å². The predicted molar refractivity (Wildman–Crippen MR) is 180 cm³/mol. The topological polar surface area (TPSA) is 106 Å². The molecule has 6 heterocycles. The number of nitrogens with zero attached hydrogens (tertiary/aromatic N) is 5. The van der Waals surface area contributed by atoms with E-state index in [0.29, 0.717) is 54.2 Å². The maximum absolute atomic E-state index is 14.1. The average molecular weight is 654 g/mol. The number of alkyl halides is 1. The van der Waals surface area contributed by atoms with Crippen LogP contribution in [-0.4, -0.2) is 74.1 Å². The maximum Gasteiger partial charge on any atom is 0.254 e. The fraction of sp³-hybridized carbons (Fsp3) is 0.568. The van der Waals surface area contributed by atoms with Gasteiger partial charge in [0.15, 0.2) is 5.88 Å². The minimum atomic E-state index is -1.11. The lowest BCUT2D eigenvalue weighted by Crippen LogP contribution is -2.70. The van der Waals surface area contributed by atoms with Gasteiger partial charge >= 0.3 is 0 Å². The first-order valence-electron chi connectivity index (χ1n) is 17.7. The molecule has 0 radical (unpaired) electrons. The van der Waals surface area contributed by atoms with Crippen molar-refractivity contribution in [3.8, 4) is 17.3 Å². The molecule has 3 atom stereocenters. The summed E-state index contributed by atoms with van der Waals surface area (Å²) in [6.07, 6.45) is 6.87. The van der Waals surface area contributed by atoms with Crippen LogP contribution in [0, 0.1) is 24.2 Å². The van der Waals surface area contributed by atoms with Crippen LogP contribution in [0.3, 0.4) is 0 Å². The summed E-state index contributed by atoms with van der Waals surface area (Å²) in [4.78, 5) is 39.1. The summed E-state index contributed by atoms with van der Waals surface area (Å²) in [6.45, 7) is 7.34. The van der Waals surface area contributed by atoms with E-state index >= 15 is 0 Å². The summed E-state index contributed by atoms with van der Waals surface area (Å²) in [5, 5.41) is 7.75.